The third-order valence-corrected chi connectivity index (χ3v) is 2.44. The standard InChI is InChI=1S/C7H12O7P/c1-4-13-15(10)6(5(8)11-2)14-7(9)12-3/h6H,4H2,1-3H3/q+1. The summed E-state index contributed by atoms with van der Waals surface area (Å²) in [5, 5.41) is 0. The second-order valence-corrected chi connectivity index (χ2v) is 3.45. The van der Waals surface area contributed by atoms with Crippen molar-refractivity contribution in [1.82, 2.24) is 0 Å². The highest BCUT2D eigenvalue weighted by molar-refractivity contribution is 7.41. The van der Waals surface area contributed by atoms with E-state index in [1.807, 2.05) is 0 Å². The van der Waals surface area contributed by atoms with Crippen molar-refractivity contribution < 1.29 is 32.9 Å². The van der Waals surface area contributed by atoms with Gasteiger partial charge in [0.1, 0.15) is 0 Å². The Kier molecular flexibility index (Phi) is 6.57. The number of rotatable bonds is 5. The van der Waals surface area contributed by atoms with Crippen LogP contribution in [0.15, 0.2) is 0 Å². The molecule has 15 heavy (non-hydrogen) atoms. The summed E-state index contributed by atoms with van der Waals surface area (Å²) < 4.78 is 28.8. The second kappa shape index (κ2) is 7.14. The molecule has 7 nitrogen and oxygen atoms in total. The van der Waals surface area contributed by atoms with Crippen LogP contribution in [0, 0.1) is 0 Å². The van der Waals surface area contributed by atoms with Gasteiger partial charge in [-0.2, -0.15) is 0 Å². The lowest BCUT2D eigenvalue weighted by Crippen LogP contribution is -2.25. The Morgan fingerprint density at radius 2 is 1.87 bits per heavy atom. The molecule has 0 radical (unpaired) electrons. The van der Waals surface area contributed by atoms with Crippen molar-refractivity contribution >= 4 is 20.2 Å². The van der Waals surface area contributed by atoms with Gasteiger partial charge in [0.2, 0.25) is 0 Å². The van der Waals surface area contributed by atoms with E-state index in [0.29, 0.717) is 0 Å². The SMILES string of the molecule is CCO[P+](=O)C(OC(=O)OC)C(=O)OC. The Balaban J connectivity index is 4.50. The highest BCUT2D eigenvalue weighted by atomic mass is 31.1. The first-order chi connectivity index (χ1) is 7.06. The minimum Gasteiger partial charge on any atom is -0.463 e. The lowest BCUT2D eigenvalue weighted by molar-refractivity contribution is -0.147. The number of hydrogen-bond donors (Lipinski definition) is 0. The Morgan fingerprint density at radius 3 is 2.27 bits per heavy atom. The molecule has 2 atom stereocenters. The summed E-state index contributed by atoms with van der Waals surface area (Å²) in [5.41, 5.74) is 0. The topological polar surface area (TPSA) is 88.1 Å². The van der Waals surface area contributed by atoms with Crippen molar-refractivity contribution in [3.8, 4) is 0 Å². The predicted octanol–water partition coefficient (Wildman–Crippen LogP) is 1.05. The first-order valence-electron chi connectivity index (χ1n) is 3.98. The van der Waals surface area contributed by atoms with Crippen LogP contribution in [0.1, 0.15) is 6.92 Å². The van der Waals surface area contributed by atoms with Crippen LogP contribution < -0.4 is 0 Å². The third kappa shape index (κ3) is 4.71. The van der Waals surface area contributed by atoms with Gasteiger partial charge in [-0.25, -0.2) is 9.59 Å². The number of esters is 1. The maximum atomic E-state index is 11.3. The Bertz CT molecular complexity index is 252. The van der Waals surface area contributed by atoms with Gasteiger partial charge in [-0.05, 0) is 11.5 Å². The second-order valence-electron chi connectivity index (χ2n) is 2.15. The summed E-state index contributed by atoms with van der Waals surface area (Å²) in [7, 11) is -0.341. The van der Waals surface area contributed by atoms with Crippen LogP contribution in [0.5, 0.6) is 0 Å². The van der Waals surface area contributed by atoms with Gasteiger partial charge >= 0.3 is 26.0 Å². The molecular formula is C7H12O7P+. The molecule has 0 rings (SSSR count). The third-order valence-electron chi connectivity index (χ3n) is 1.23. The average molecular weight is 239 g/mol. The van der Waals surface area contributed by atoms with Gasteiger partial charge in [0.05, 0.1) is 20.8 Å². The van der Waals surface area contributed by atoms with E-state index in [1.165, 1.54) is 0 Å². The quantitative estimate of drug-likeness (QED) is 0.523. The first-order valence-corrected chi connectivity index (χ1v) is 5.23. The van der Waals surface area contributed by atoms with Gasteiger partial charge in [0.15, 0.2) is 0 Å². The molecular weight excluding hydrogens is 227 g/mol. The zero-order valence-electron chi connectivity index (χ0n) is 8.59. The summed E-state index contributed by atoms with van der Waals surface area (Å²) in [6.07, 6.45) is -1.13. The Labute approximate surface area is 87.5 Å². The fraction of sp³-hybridized carbons (Fsp3) is 0.714. The molecule has 0 aliphatic rings. The molecule has 0 saturated heterocycles. The molecule has 0 N–H and O–H groups in total. The number of carbonyl (C=O) groups is 2. The molecule has 0 aromatic rings. The number of carbonyl (C=O) groups excluding carboxylic acids is 2. The Morgan fingerprint density at radius 1 is 1.27 bits per heavy atom. The minimum atomic E-state index is -2.48. The van der Waals surface area contributed by atoms with Crippen LogP contribution in [0.2, 0.25) is 0 Å². The lowest BCUT2D eigenvalue weighted by atomic mass is 10.7. The van der Waals surface area contributed by atoms with E-state index in [0.717, 1.165) is 14.2 Å². The van der Waals surface area contributed by atoms with E-state index in [-0.39, 0.29) is 6.61 Å². The molecule has 2 unspecified atom stereocenters. The molecule has 0 aliphatic carbocycles. The van der Waals surface area contributed by atoms with Crippen molar-refractivity contribution in [2.75, 3.05) is 20.8 Å². The van der Waals surface area contributed by atoms with E-state index in [9.17, 15) is 14.2 Å². The molecule has 0 bridgehead atoms. The summed E-state index contributed by atoms with van der Waals surface area (Å²) in [6, 6.07) is 0. The van der Waals surface area contributed by atoms with Gasteiger partial charge < -0.3 is 14.2 Å². The van der Waals surface area contributed by atoms with Gasteiger partial charge in [-0.3, -0.25) is 0 Å². The van der Waals surface area contributed by atoms with Gasteiger partial charge in [0.25, 0.3) is 0 Å². The van der Waals surface area contributed by atoms with E-state index in [1.54, 1.807) is 6.92 Å². The van der Waals surface area contributed by atoms with Gasteiger partial charge in [-0.15, -0.1) is 4.52 Å². The van der Waals surface area contributed by atoms with Crippen LogP contribution in [-0.4, -0.2) is 38.8 Å². The number of methoxy groups -OCH3 is 2. The summed E-state index contributed by atoms with van der Waals surface area (Å²) >= 11 is 0. The average Bonchev–Trinajstić information content (AvgIpc) is 2.24. The monoisotopic (exact) mass is 239 g/mol. The van der Waals surface area contributed by atoms with Crippen LogP contribution >= 0.6 is 8.03 Å². The maximum absolute atomic E-state index is 11.3. The summed E-state index contributed by atoms with van der Waals surface area (Å²) in [6.45, 7) is 1.70. The zero-order chi connectivity index (χ0) is 11.8. The normalized spacial score (nSPS) is 12.6. The first kappa shape index (κ1) is 13.8. The van der Waals surface area contributed by atoms with E-state index < -0.39 is 26.0 Å². The number of ether oxygens (including phenoxy) is 3. The molecule has 0 amide bonds. The van der Waals surface area contributed by atoms with Crippen molar-refractivity contribution in [2.24, 2.45) is 0 Å². The summed E-state index contributed by atoms with van der Waals surface area (Å²) in [5.74, 6) is -2.56. The van der Waals surface area contributed by atoms with E-state index in [2.05, 4.69) is 18.7 Å². The van der Waals surface area contributed by atoms with Crippen molar-refractivity contribution in [2.45, 2.75) is 12.8 Å². The molecule has 0 aromatic carbocycles. The Hall–Kier alpha value is -1.20. The highest BCUT2D eigenvalue weighted by Gasteiger charge is 2.45. The lowest BCUT2D eigenvalue weighted by Gasteiger charge is -2.04. The van der Waals surface area contributed by atoms with Crippen LogP contribution in [-0.2, 0) is 28.1 Å². The maximum Gasteiger partial charge on any atom is 0.566 e. The largest absolute Gasteiger partial charge is 0.566 e. The summed E-state index contributed by atoms with van der Waals surface area (Å²) in [4.78, 5) is 21.8. The fourth-order valence-corrected chi connectivity index (χ4v) is 1.45. The number of hydrogen-bond acceptors (Lipinski definition) is 7. The van der Waals surface area contributed by atoms with Crippen LogP contribution in [0.4, 0.5) is 4.79 Å². The molecule has 0 fully saturated rings. The van der Waals surface area contributed by atoms with Gasteiger partial charge in [0, 0.05) is 0 Å². The fourth-order valence-electron chi connectivity index (χ4n) is 0.612. The smallest absolute Gasteiger partial charge is 0.463 e. The zero-order valence-corrected chi connectivity index (χ0v) is 9.48. The molecule has 0 spiro atoms. The van der Waals surface area contributed by atoms with Crippen LogP contribution in [0.25, 0.3) is 0 Å². The van der Waals surface area contributed by atoms with E-state index >= 15 is 0 Å². The van der Waals surface area contributed by atoms with Crippen molar-refractivity contribution in [1.29, 1.82) is 0 Å². The molecule has 0 saturated carbocycles. The molecule has 8 heteroatoms. The minimum absolute atomic E-state index is 0.118. The van der Waals surface area contributed by atoms with E-state index in [4.69, 9.17) is 0 Å². The molecule has 0 heterocycles. The van der Waals surface area contributed by atoms with Crippen LogP contribution in [0.3, 0.4) is 0 Å². The molecule has 0 aromatic heterocycles. The van der Waals surface area contributed by atoms with Crippen molar-refractivity contribution in [3.05, 3.63) is 0 Å². The van der Waals surface area contributed by atoms with Crippen molar-refractivity contribution in [3.63, 3.8) is 0 Å². The highest BCUT2D eigenvalue weighted by Crippen LogP contribution is 2.31. The van der Waals surface area contributed by atoms with Gasteiger partial charge in [-0.1, -0.05) is 0 Å². The predicted molar refractivity (Wildman–Crippen MR) is 48.5 cm³/mol. The molecule has 86 valence electrons. The molecule has 0 aliphatic heterocycles.